The number of thiophene rings is 1. The van der Waals surface area contributed by atoms with Crippen LogP contribution in [0.2, 0.25) is 5.02 Å². The maximum Gasteiger partial charge on any atom is 0.160 e. The number of hydrogen-bond acceptors (Lipinski definition) is 3. The van der Waals surface area contributed by atoms with Gasteiger partial charge in [-0.1, -0.05) is 54.1 Å². The van der Waals surface area contributed by atoms with Crippen molar-refractivity contribution in [1.82, 2.24) is 0 Å². The summed E-state index contributed by atoms with van der Waals surface area (Å²) in [7, 11) is 0. The van der Waals surface area contributed by atoms with Crippen LogP contribution < -0.4 is 10.1 Å². The summed E-state index contributed by atoms with van der Waals surface area (Å²) in [5.41, 5.74) is 1.87. The lowest BCUT2D eigenvalue weighted by atomic mass is 10.1. The van der Waals surface area contributed by atoms with Crippen molar-refractivity contribution in [2.24, 2.45) is 0 Å². The molecule has 0 atom stereocenters. The van der Waals surface area contributed by atoms with Crippen molar-refractivity contribution in [2.45, 2.75) is 0 Å². The molecule has 0 saturated carbocycles. The predicted octanol–water partition coefficient (Wildman–Crippen LogP) is 7.71. The highest BCUT2D eigenvalue weighted by Gasteiger charge is 2.23. The second-order valence-corrected chi connectivity index (χ2v) is 7.92. The largest absolute Gasteiger partial charge is 0.452 e. The van der Waals surface area contributed by atoms with Gasteiger partial charge in [0.05, 0.1) is 21.1 Å². The van der Waals surface area contributed by atoms with Crippen LogP contribution in [0.15, 0.2) is 66.7 Å². The third-order valence-electron chi connectivity index (χ3n) is 4.88. The topological polar surface area (TPSA) is 21.3 Å². The number of rotatable bonds is 0. The van der Waals surface area contributed by atoms with Crippen LogP contribution in [0.5, 0.6) is 11.5 Å². The van der Waals surface area contributed by atoms with Crippen LogP contribution in [0.3, 0.4) is 0 Å². The van der Waals surface area contributed by atoms with E-state index in [4.69, 9.17) is 16.3 Å². The van der Waals surface area contributed by atoms with E-state index in [-0.39, 0.29) is 0 Å². The van der Waals surface area contributed by atoms with E-state index < -0.39 is 0 Å². The minimum atomic E-state index is 0.750. The first-order chi connectivity index (χ1) is 12.8. The number of hydrogen-bond donors (Lipinski definition) is 1. The standard InChI is InChI=1S/C22H12ClNOS/c23-15-11-17-21(20-14-7-3-4-8-19(14)26-22(15)20)25-18-10-13-6-2-1-5-12(13)9-16(18)24-17/h1-11,24H. The molecule has 0 radical (unpaired) electrons. The molecule has 0 bridgehead atoms. The van der Waals surface area contributed by atoms with Crippen LogP contribution in [-0.2, 0) is 0 Å². The van der Waals surface area contributed by atoms with E-state index >= 15 is 0 Å². The van der Waals surface area contributed by atoms with Crippen molar-refractivity contribution in [3.63, 3.8) is 0 Å². The molecule has 1 aliphatic rings. The summed E-state index contributed by atoms with van der Waals surface area (Å²) in [6, 6.07) is 22.8. The molecule has 1 N–H and O–H groups in total. The average molecular weight is 374 g/mol. The van der Waals surface area contributed by atoms with Crippen LogP contribution in [-0.4, -0.2) is 0 Å². The molecule has 124 valence electrons. The van der Waals surface area contributed by atoms with E-state index in [1.165, 1.54) is 15.5 Å². The Hall–Kier alpha value is -2.75. The molecule has 0 spiro atoms. The molecule has 2 nitrogen and oxygen atoms in total. The van der Waals surface area contributed by atoms with Gasteiger partial charge < -0.3 is 10.1 Å². The van der Waals surface area contributed by atoms with Crippen LogP contribution in [0.4, 0.5) is 11.4 Å². The quantitative estimate of drug-likeness (QED) is 0.294. The average Bonchev–Trinajstić information content (AvgIpc) is 3.06. The summed E-state index contributed by atoms with van der Waals surface area (Å²) in [5, 5.41) is 8.87. The van der Waals surface area contributed by atoms with E-state index in [0.717, 1.165) is 43.4 Å². The molecule has 4 heteroatoms. The Bertz CT molecular complexity index is 1360. The van der Waals surface area contributed by atoms with Crippen molar-refractivity contribution in [3.8, 4) is 11.5 Å². The van der Waals surface area contributed by atoms with Gasteiger partial charge in [0.25, 0.3) is 0 Å². The van der Waals surface area contributed by atoms with E-state index in [1.807, 2.05) is 18.2 Å². The lowest BCUT2D eigenvalue weighted by Crippen LogP contribution is -2.03. The molecule has 0 amide bonds. The molecular formula is C22H12ClNOS. The minimum Gasteiger partial charge on any atom is -0.452 e. The Morgan fingerprint density at radius 1 is 0.846 bits per heavy atom. The van der Waals surface area contributed by atoms with Gasteiger partial charge in [-0.3, -0.25) is 0 Å². The van der Waals surface area contributed by atoms with Gasteiger partial charge in [0.15, 0.2) is 11.5 Å². The molecule has 4 aromatic carbocycles. The van der Waals surface area contributed by atoms with Crippen LogP contribution in [0.1, 0.15) is 0 Å². The number of ether oxygens (including phenoxy) is 1. The second kappa shape index (κ2) is 5.13. The number of halogens is 1. The highest BCUT2D eigenvalue weighted by Crippen LogP contribution is 2.52. The van der Waals surface area contributed by atoms with Crippen molar-refractivity contribution in [1.29, 1.82) is 0 Å². The summed E-state index contributed by atoms with van der Waals surface area (Å²) in [4.78, 5) is 0. The smallest absolute Gasteiger partial charge is 0.160 e. The molecule has 6 rings (SSSR count). The fourth-order valence-electron chi connectivity index (χ4n) is 3.69. The van der Waals surface area contributed by atoms with E-state index in [1.54, 1.807) is 11.3 Å². The molecule has 2 heterocycles. The van der Waals surface area contributed by atoms with Gasteiger partial charge in [0.2, 0.25) is 0 Å². The number of fused-ring (bicyclic) bond motifs is 7. The first-order valence-electron chi connectivity index (χ1n) is 8.39. The molecule has 26 heavy (non-hydrogen) atoms. The molecule has 1 aromatic heterocycles. The molecule has 0 saturated heterocycles. The van der Waals surface area contributed by atoms with E-state index in [9.17, 15) is 0 Å². The zero-order chi connectivity index (χ0) is 17.3. The predicted molar refractivity (Wildman–Crippen MR) is 112 cm³/mol. The zero-order valence-corrected chi connectivity index (χ0v) is 15.1. The second-order valence-electron chi connectivity index (χ2n) is 6.46. The molecule has 5 aromatic rings. The maximum atomic E-state index is 6.60. The third kappa shape index (κ3) is 1.93. The van der Waals surface area contributed by atoms with E-state index in [2.05, 4.69) is 53.8 Å². The van der Waals surface area contributed by atoms with Gasteiger partial charge in [-0.15, -0.1) is 11.3 Å². The molecule has 0 fully saturated rings. The monoisotopic (exact) mass is 373 g/mol. The SMILES string of the molecule is Clc1cc2c(c3c1sc1ccccc13)Oc1cc3ccccc3cc1N2. The summed E-state index contributed by atoms with van der Waals surface area (Å²) in [6.07, 6.45) is 0. The summed E-state index contributed by atoms with van der Waals surface area (Å²) < 4.78 is 8.69. The normalized spacial score (nSPS) is 12.7. The molecule has 0 unspecified atom stereocenters. The van der Waals surface area contributed by atoms with E-state index in [0.29, 0.717) is 0 Å². The van der Waals surface area contributed by atoms with Crippen molar-refractivity contribution >= 4 is 65.3 Å². The highest BCUT2D eigenvalue weighted by molar-refractivity contribution is 7.26. The fraction of sp³-hybridized carbons (Fsp3) is 0. The van der Waals surface area contributed by atoms with Gasteiger partial charge in [-0.05, 0) is 35.0 Å². The molecular weight excluding hydrogens is 362 g/mol. The Morgan fingerprint density at radius 2 is 1.62 bits per heavy atom. The lowest BCUT2D eigenvalue weighted by molar-refractivity contribution is 0.488. The zero-order valence-electron chi connectivity index (χ0n) is 13.5. The fourth-order valence-corrected chi connectivity index (χ4v) is 5.11. The van der Waals surface area contributed by atoms with Crippen LogP contribution >= 0.6 is 22.9 Å². The Morgan fingerprint density at radius 3 is 2.50 bits per heavy atom. The Labute approximate surface area is 158 Å². The summed E-state index contributed by atoms with van der Waals surface area (Å²) in [5.74, 6) is 1.69. The summed E-state index contributed by atoms with van der Waals surface area (Å²) in [6.45, 7) is 0. The maximum absolute atomic E-state index is 6.60. The third-order valence-corrected chi connectivity index (χ3v) is 6.50. The lowest BCUT2D eigenvalue weighted by Gasteiger charge is -2.23. The van der Waals surface area contributed by atoms with Crippen molar-refractivity contribution in [2.75, 3.05) is 5.32 Å². The number of anilines is 2. The molecule has 1 aliphatic heterocycles. The van der Waals surface area contributed by atoms with Crippen molar-refractivity contribution in [3.05, 3.63) is 71.8 Å². The Balaban J connectivity index is 1.66. The summed E-state index contributed by atoms with van der Waals surface area (Å²) >= 11 is 8.31. The highest BCUT2D eigenvalue weighted by atomic mass is 35.5. The first kappa shape index (κ1) is 14.4. The van der Waals surface area contributed by atoms with Gasteiger partial charge in [-0.25, -0.2) is 0 Å². The number of benzene rings is 4. The van der Waals surface area contributed by atoms with Gasteiger partial charge >= 0.3 is 0 Å². The number of nitrogens with one attached hydrogen (secondary N) is 1. The van der Waals surface area contributed by atoms with Gasteiger partial charge in [-0.2, -0.15) is 0 Å². The molecule has 0 aliphatic carbocycles. The minimum absolute atomic E-state index is 0.750. The Kier molecular flexibility index (Phi) is 2.85. The van der Waals surface area contributed by atoms with Crippen LogP contribution in [0.25, 0.3) is 30.9 Å². The van der Waals surface area contributed by atoms with Gasteiger partial charge in [0.1, 0.15) is 0 Å². The van der Waals surface area contributed by atoms with Crippen molar-refractivity contribution < 1.29 is 4.74 Å². The van der Waals surface area contributed by atoms with Crippen LogP contribution in [0, 0.1) is 0 Å². The van der Waals surface area contributed by atoms with Gasteiger partial charge in [0, 0.05) is 15.5 Å². The first-order valence-corrected chi connectivity index (χ1v) is 9.59.